The van der Waals surface area contributed by atoms with Crippen molar-refractivity contribution in [2.75, 3.05) is 11.4 Å². The summed E-state index contributed by atoms with van der Waals surface area (Å²) in [7, 11) is 1.90. The first-order valence-electron chi connectivity index (χ1n) is 16.3. The van der Waals surface area contributed by atoms with Gasteiger partial charge in [-0.15, -0.1) is 0 Å². The number of aromatic nitrogens is 8. The third kappa shape index (κ3) is 7.78. The van der Waals surface area contributed by atoms with Crippen LogP contribution in [0.15, 0.2) is 55.6 Å². The van der Waals surface area contributed by atoms with E-state index in [0.717, 1.165) is 84.3 Å². The van der Waals surface area contributed by atoms with Crippen LogP contribution in [0.25, 0.3) is 22.6 Å². The predicted molar refractivity (Wildman–Crippen MR) is 180 cm³/mol. The van der Waals surface area contributed by atoms with Crippen molar-refractivity contribution in [2.45, 2.75) is 98.1 Å². The summed E-state index contributed by atoms with van der Waals surface area (Å²) < 4.78 is 3.77. The van der Waals surface area contributed by atoms with Gasteiger partial charge in [0.2, 0.25) is 0 Å². The van der Waals surface area contributed by atoms with Crippen molar-refractivity contribution in [1.82, 2.24) is 44.8 Å². The van der Waals surface area contributed by atoms with Crippen LogP contribution < -0.4 is 10.2 Å². The van der Waals surface area contributed by atoms with Crippen LogP contribution in [-0.4, -0.2) is 52.1 Å². The Morgan fingerprint density at radius 3 is 2.33 bits per heavy atom. The summed E-state index contributed by atoms with van der Waals surface area (Å²) in [5, 5.41) is 12.7. The second-order valence-electron chi connectivity index (χ2n) is 14.2. The zero-order valence-electron chi connectivity index (χ0n) is 28.3. The zero-order valence-corrected chi connectivity index (χ0v) is 28.3. The number of hydrogen-bond donors (Lipinski definition) is 1. The van der Waals surface area contributed by atoms with Crippen molar-refractivity contribution in [2.24, 2.45) is 18.9 Å². The highest BCUT2D eigenvalue weighted by molar-refractivity contribution is 5.60. The van der Waals surface area contributed by atoms with E-state index in [-0.39, 0.29) is 11.5 Å². The second kappa shape index (κ2) is 13.5. The predicted octanol–water partition coefficient (Wildman–Crippen LogP) is 6.73. The molecule has 0 atom stereocenters. The number of anilines is 1. The van der Waals surface area contributed by atoms with Gasteiger partial charge < -0.3 is 10.2 Å². The normalized spacial score (nSPS) is 17.2. The average molecular weight is 611 g/mol. The lowest BCUT2D eigenvalue weighted by Gasteiger charge is -2.38. The summed E-state index contributed by atoms with van der Waals surface area (Å²) in [6, 6.07) is 2.66. The van der Waals surface area contributed by atoms with Gasteiger partial charge in [-0.25, -0.2) is 15.0 Å². The smallest absolute Gasteiger partial charge is 0.152 e. The van der Waals surface area contributed by atoms with E-state index in [1.165, 1.54) is 0 Å². The molecule has 4 aromatic heterocycles. The molecule has 1 saturated carbocycles. The summed E-state index contributed by atoms with van der Waals surface area (Å²) in [4.78, 5) is 21.9. The molecule has 4 heterocycles. The van der Waals surface area contributed by atoms with Gasteiger partial charge in [0.25, 0.3) is 0 Å². The van der Waals surface area contributed by atoms with E-state index >= 15 is 0 Å². The van der Waals surface area contributed by atoms with Crippen molar-refractivity contribution in [3.05, 3.63) is 67.0 Å². The molecule has 0 radical (unpaired) electrons. The maximum absolute atomic E-state index is 5.14. The second-order valence-corrected chi connectivity index (χ2v) is 14.2. The minimum Gasteiger partial charge on any atom is -0.372 e. The molecule has 1 aliphatic carbocycles. The van der Waals surface area contributed by atoms with Gasteiger partial charge >= 0.3 is 0 Å². The van der Waals surface area contributed by atoms with Gasteiger partial charge in [-0.3, -0.25) is 14.3 Å². The summed E-state index contributed by atoms with van der Waals surface area (Å²) in [6.07, 6.45) is 16.6. The number of nitrogens with zero attached hydrogens (tertiary/aromatic N) is 9. The zero-order chi connectivity index (χ0) is 32.3. The lowest BCUT2D eigenvalue weighted by molar-refractivity contribution is 0.313. The highest BCUT2D eigenvalue weighted by atomic mass is 15.3. The highest BCUT2D eigenvalue weighted by Gasteiger charge is 2.30. The molecule has 45 heavy (non-hydrogen) atoms. The largest absolute Gasteiger partial charge is 0.372 e. The van der Waals surface area contributed by atoms with Crippen molar-refractivity contribution in [3.63, 3.8) is 0 Å². The minimum atomic E-state index is -0.0813. The summed E-state index contributed by atoms with van der Waals surface area (Å²) >= 11 is 0. The van der Waals surface area contributed by atoms with Gasteiger partial charge in [-0.2, -0.15) is 10.2 Å². The first kappa shape index (κ1) is 32.3. The molecule has 10 heteroatoms. The van der Waals surface area contributed by atoms with E-state index in [4.69, 9.17) is 25.0 Å². The SMILES string of the molecule is C=C(NCC(C)C)N(c1cnc(-c2cnn(C)c2)cn1)C1CCC(Cc2ncc(C(C)(C)C)c(-c3ccn(C(C)C)n3)n2)CC1. The number of hydrogen-bond acceptors (Lipinski definition) is 8. The van der Waals surface area contributed by atoms with E-state index in [1.54, 1.807) is 4.68 Å². The lowest BCUT2D eigenvalue weighted by Crippen LogP contribution is -2.43. The molecule has 0 aromatic carbocycles. The molecule has 1 N–H and O–H groups in total. The molecule has 1 fully saturated rings. The standard InChI is InChI=1S/C35H50N10/c1-23(2)17-36-25(5)45(33-21-37-31(20-39-33)27-18-40-43(9)22-27)28-12-10-26(11-13-28)16-32-38-19-29(35(6,7)8)34(41-32)30-14-15-44(42-30)24(3)4/h14-15,18-24,26,28,36H,5,10-13,16-17H2,1-4,6-9H3. The Kier molecular flexibility index (Phi) is 9.70. The van der Waals surface area contributed by atoms with Gasteiger partial charge in [0.15, 0.2) is 5.82 Å². The van der Waals surface area contributed by atoms with E-state index < -0.39 is 0 Å². The fourth-order valence-electron chi connectivity index (χ4n) is 5.98. The number of rotatable bonds is 11. The molecule has 0 saturated heterocycles. The topological polar surface area (TPSA) is 102 Å². The first-order chi connectivity index (χ1) is 21.4. The van der Waals surface area contributed by atoms with Crippen LogP contribution in [0, 0.1) is 11.8 Å². The first-order valence-corrected chi connectivity index (χ1v) is 16.3. The van der Waals surface area contributed by atoms with E-state index in [0.29, 0.717) is 17.9 Å². The van der Waals surface area contributed by atoms with Crippen LogP contribution in [-0.2, 0) is 18.9 Å². The number of nitrogens with one attached hydrogen (secondary N) is 1. The number of aryl methyl sites for hydroxylation is 1. The molecule has 0 unspecified atom stereocenters. The molecule has 4 aromatic rings. The molecule has 1 aliphatic rings. The molecule has 0 bridgehead atoms. The minimum absolute atomic E-state index is 0.0813. The van der Waals surface area contributed by atoms with Crippen LogP contribution in [0.1, 0.15) is 91.6 Å². The monoisotopic (exact) mass is 610 g/mol. The van der Waals surface area contributed by atoms with E-state index in [2.05, 4.69) is 76.4 Å². The van der Waals surface area contributed by atoms with E-state index in [1.807, 2.05) is 48.9 Å². The fraction of sp³-hybridized carbons (Fsp3) is 0.543. The van der Waals surface area contributed by atoms with Gasteiger partial charge in [0.1, 0.15) is 11.5 Å². The van der Waals surface area contributed by atoms with Crippen LogP contribution >= 0.6 is 0 Å². The van der Waals surface area contributed by atoms with Gasteiger partial charge in [0, 0.05) is 61.8 Å². The Morgan fingerprint density at radius 2 is 1.76 bits per heavy atom. The Hall–Kier alpha value is -4.08. The Labute approximate surface area is 268 Å². The van der Waals surface area contributed by atoms with E-state index in [9.17, 15) is 0 Å². The summed E-state index contributed by atoms with van der Waals surface area (Å²) in [5.41, 5.74) is 4.68. The maximum atomic E-state index is 5.14. The molecule has 0 spiro atoms. The Bertz CT molecular complexity index is 1570. The molecule has 10 nitrogen and oxygen atoms in total. The Morgan fingerprint density at radius 1 is 1.00 bits per heavy atom. The third-order valence-corrected chi connectivity index (χ3v) is 8.57. The third-order valence-electron chi connectivity index (χ3n) is 8.57. The molecule has 0 aliphatic heterocycles. The molecular formula is C35H50N10. The molecule has 5 rings (SSSR count). The van der Waals surface area contributed by atoms with Crippen molar-refractivity contribution < 1.29 is 0 Å². The Balaban J connectivity index is 1.31. The van der Waals surface area contributed by atoms with Gasteiger partial charge in [-0.05, 0) is 62.8 Å². The quantitative estimate of drug-likeness (QED) is 0.199. The molecule has 240 valence electrons. The molecular weight excluding hydrogens is 560 g/mol. The lowest BCUT2D eigenvalue weighted by atomic mass is 9.83. The van der Waals surface area contributed by atoms with Gasteiger partial charge in [0.05, 0.1) is 35.8 Å². The van der Waals surface area contributed by atoms with Crippen LogP contribution in [0.2, 0.25) is 0 Å². The highest BCUT2D eigenvalue weighted by Crippen LogP contribution is 2.35. The maximum Gasteiger partial charge on any atom is 0.152 e. The average Bonchev–Trinajstić information content (AvgIpc) is 3.67. The van der Waals surface area contributed by atoms with Gasteiger partial charge in [-0.1, -0.05) is 41.2 Å². The van der Waals surface area contributed by atoms with Crippen LogP contribution in [0.4, 0.5) is 5.82 Å². The van der Waals surface area contributed by atoms with Crippen LogP contribution in [0.5, 0.6) is 0 Å². The molecule has 0 amide bonds. The van der Waals surface area contributed by atoms with Crippen molar-refractivity contribution in [3.8, 4) is 22.6 Å². The summed E-state index contributed by atoms with van der Waals surface area (Å²) in [5.74, 6) is 3.62. The summed E-state index contributed by atoms with van der Waals surface area (Å²) in [6.45, 7) is 20.6. The van der Waals surface area contributed by atoms with Crippen molar-refractivity contribution in [1.29, 1.82) is 0 Å². The van der Waals surface area contributed by atoms with Crippen molar-refractivity contribution >= 4 is 5.82 Å². The van der Waals surface area contributed by atoms with Crippen LogP contribution in [0.3, 0.4) is 0 Å². The fourth-order valence-corrected chi connectivity index (χ4v) is 5.98.